The van der Waals surface area contributed by atoms with Gasteiger partial charge in [0.25, 0.3) is 5.91 Å². The number of benzene rings is 2. The number of para-hydroxylation sites is 1. The molecule has 2 aromatic carbocycles. The summed E-state index contributed by atoms with van der Waals surface area (Å²) in [6.45, 7) is 1.32. The van der Waals surface area contributed by atoms with Gasteiger partial charge < -0.3 is 20.3 Å². The zero-order chi connectivity index (χ0) is 21.1. The average molecular weight is 430 g/mol. The van der Waals surface area contributed by atoms with Gasteiger partial charge in [-0.15, -0.1) is 4.40 Å². The van der Waals surface area contributed by atoms with Crippen molar-refractivity contribution >= 4 is 34.3 Å². The Labute approximate surface area is 175 Å². The predicted octanol–water partition coefficient (Wildman–Crippen LogP) is 3.23. The van der Waals surface area contributed by atoms with Crippen molar-refractivity contribution in [3.63, 3.8) is 0 Å². The molecule has 1 fully saturated rings. The first-order valence-electron chi connectivity index (χ1n) is 9.47. The maximum atomic E-state index is 12.7. The smallest absolute Gasteiger partial charge is 0.410 e. The summed E-state index contributed by atoms with van der Waals surface area (Å²) in [4.78, 5) is 26.7. The van der Waals surface area contributed by atoms with E-state index in [0.717, 1.165) is 12.0 Å². The van der Waals surface area contributed by atoms with Crippen LogP contribution in [0, 0.1) is 0 Å². The van der Waals surface area contributed by atoms with Gasteiger partial charge in [-0.3, -0.25) is 13.9 Å². The minimum absolute atomic E-state index is 0.00393. The van der Waals surface area contributed by atoms with Gasteiger partial charge >= 0.3 is 6.09 Å². The Morgan fingerprint density at radius 3 is 2.53 bits per heavy atom. The second-order valence-electron chi connectivity index (χ2n) is 6.91. The Hall–Kier alpha value is -3.08. The molecular formula is C20H22N4O5S. The number of likely N-dealkylation sites (tertiary alicyclic amines) is 1. The second-order valence-corrected chi connectivity index (χ2v) is 8.57. The van der Waals surface area contributed by atoms with E-state index in [0.29, 0.717) is 18.8 Å². The van der Waals surface area contributed by atoms with Crippen LogP contribution in [0.3, 0.4) is 0 Å². The monoisotopic (exact) mass is 430 g/mol. The molecule has 1 atom stereocenters. The van der Waals surface area contributed by atoms with Crippen LogP contribution in [0.15, 0.2) is 63.9 Å². The molecule has 158 valence electrons. The summed E-state index contributed by atoms with van der Waals surface area (Å²) in [5.74, 6) is -0.847. The topological polar surface area (TPSA) is 123 Å². The molecule has 30 heavy (non-hydrogen) atoms. The molecule has 0 aromatic heterocycles. The van der Waals surface area contributed by atoms with Crippen LogP contribution in [0.1, 0.15) is 18.1 Å². The van der Waals surface area contributed by atoms with Crippen molar-refractivity contribution in [2.75, 3.05) is 25.0 Å². The summed E-state index contributed by atoms with van der Waals surface area (Å²) < 4.78 is 29.9. The molecule has 4 rings (SSSR count). The molecule has 9 nitrogen and oxygen atoms in total. The van der Waals surface area contributed by atoms with Gasteiger partial charge in [0.2, 0.25) is 5.84 Å². The Balaban J connectivity index is 1.46. The van der Waals surface area contributed by atoms with E-state index in [1.165, 1.54) is 6.07 Å². The zero-order valence-electron chi connectivity index (χ0n) is 16.0. The molecule has 0 spiro atoms. The fourth-order valence-electron chi connectivity index (χ4n) is 3.09. The van der Waals surface area contributed by atoms with Gasteiger partial charge in [-0.2, -0.15) is 0 Å². The quantitative estimate of drug-likeness (QED) is 0.577. The first-order valence-corrected chi connectivity index (χ1v) is 11.0. The van der Waals surface area contributed by atoms with Gasteiger partial charge in [-0.05, 0) is 24.1 Å². The Bertz CT molecular complexity index is 978. The van der Waals surface area contributed by atoms with Crippen molar-refractivity contribution in [1.82, 2.24) is 10.2 Å². The van der Waals surface area contributed by atoms with Crippen LogP contribution in [0.4, 0.5) is 10.5 Å². The summed E-state index contributed by atoms with van der Waals surface area (Å²) in [6, 6.07) is 15.6. The highest BCUT2D eigenvalue weighted by Gasteiger charge is 2.30. The molecule has 2 amide bonds. The number of amidine groups is 1. The number of ether oxygens (including phenoxy) is 1. The molecule has 0 bridgehead atoms. The van der Waals surface area contributed by atoms with Crippen LogP contribution in [0.2, 0.25) is 0 Å². The van der Waals surface area contributed by atoms with Gasteiger partial charge in [-0.1, -0.05) is 53.2 Å². The molecule has 1 saturated heterocycles. The van der Waals surface area contributed by atoms with Crippen molar-refractivity contribution in [2.45, 2.75) is 17.4 Å². The highest BCUT2D eigenvalue weighted by Crippen LogP contribution is 2.54. The maximum absolute atomic E-state index is 12.7. The summed E-state index contributed by atoms with van der Waals surface area (Å²) in [5, 5.41) is 5.48. The van der Waals surface area contributed by atoms with E-state index >= 15 is 0 Å². The lowest BCUT2D eigenvalue weighted by atomic mass is 10.1. The van der Waals surface area contributed by atoms with Crippen molar-refractivity contribution in [3.8, 4) is 0 Å². The maximum Gasteiger partial charge on any atom is 0.410 e. The second kappa shape index (κ2) is 8.34. The lowest BCUT2D eigenvalue weighted by Gasteiger charge is -2.33. The van der Waals surface area contributed by atoms with Crippen molar-refractivity contribution in [2.24, 2.45) is 4.40 Å². The largest absolute Gasteiger partial charge is 0.439 e. The van der Waals surface area contributed by atoms with E-state index in [4.69, 9.17) is 4.74 Å². The van der Waals surface area contributed by atoms with Crippen LogP contribution < -0.4 is 10.6 Å². The molecule has 2 heterocycles. The van der Waals surface area contributed by atoms with E-state index in [2.05, 4.69) is 15.0 Å². The fourth-order valence-corrected chi connectivity index (χ4v) is 4.25. The number of rotatable bonds is 5. The van der Waals surface area contributed by atoms with Gasteiger partial charge in [0.15, 0.2) is 0 Å². The Morgan fingerprint density at radius 2 is 1.83 bits per heavy atom. The molecule has 0 radical (unpaired) electrons. The molecule has 2 aliphatic heterocycles. The van der Waals surface area contributed by atoms with E-state index in [1.54, 1.807) is 23.1 Å². The SMILES string of the molecule is O=C(NCC(OC(=O)N1CCC1)c1ccccc1)C1=NS(O)(O)c2ccccc2N1. The summed E-state index contributed by atoms with van der Waals surface area (Å²) in [5.41, 5.74) is 1.14. The zero-order valence-corrected chi connectivity index (χ0v) is 16.8. The third-order valence-electron chi connectivity index (χ3n) is 4.85. The predicted molar refractivity (Wildman–Crippen MR) is 113 cm³/mol. The number of nitrogens with one attached hydrogen (secondary N) is 2. The highest BCUT2D eigenvalue weighted by molar-refractivity contribution is 8.23. The van der Waals surface area contributed by atoms with Crippen molar-refractivity contribution in [3.05, 3.63) is 60.2 Å². The molecule has 0 aliphatic carbocycles. The van der Waals surface area contributed by atoms with Gasteiger partial charge in [-0.25, -0.2) is 4.79 Å². The van der Waals surface area contributed by atoms with Crippen molar-refractivity contribution in [1.29, 1.82) is 0 Å². The standard InChI is InChI=1S/C20H22N4O5S/c25-19(18-22-15-9-4-5-10-17(15)30(27,28)23-18)21-13-16(14-7-2-1-3-8-14)29-20(26)24-11-6-12-24/h1-5,7-10,16,27-28H,6,11-13H2,(H,21,25)(H,22,23). The van der Waals surface area contributed by atoms with Crippen LogP contribution in [-0.2, 0) is 9.53 Å². The van der Waals surface area contributed by atoms with Gasteiger partial charge in [0.1, 0.15) is 11.0 Å². The lowest BCUT2D eigenvalue weighted by molar-refractivity contribution is -0.115. The first kappa shape index (κ1) is 20.2. The number of carbonyl (C=O) groups is 2. The number of fused-ring (bicyclic) bond motifs is 1. The minimum atomic E-state index is -3.48. The molecule has 10 heteroatoms. The van der Waals surface area contributed by atoms with E-state index in [9.17, 15) is 18.7 Å². The van der Waals surface area contributed by atoms with Crippen LogP contribution >= 0.6 is 10.8 Å². The number of hydrogen-bond acceptors (Lipinski definition) is 7. The molecule has 2 aliphatic rings. The van der Waals surface area contributed by atoms with Crippen LogP contribution in [0.5, 0.6) is 0 Å². The molecule has 4 N–H and O–H groups in total. The van der Waals surface area contributed by atoms with Crippen molar-refractivity contribution < 1.29 is 23.4 Å². The normalized spacial score (nSPS) is 18.6. The number of nitrogens with zero attached hydrogens (tertiary/aromatic N) is 2. The van der Waals surface area contributed by atoms with E-state index in [-0.39, 0.29) is 17.3 Å². The number of hydrogen-bond donors (Lipinski definition) is 4. The van der Waals surface area contributed by atoms with E-state index < -0.39 is 28.9 Å². The number of amides is 2. The average Bonchev–Trinajstić information content (AvgIpc) is 2.69. The third kappa shape index (κ3) is 4.25. The van der Waals surface area contributed by atoms with Gasteiger partial charge in [0.05, 0.1) is 12.2 Å². The minimum Gasteiger partial charge on any atom is -0.439 e. The third-order valence-corrected chi connectivity index (χ3v) is 6.23. The van der Waals surface area contributed by atoms with E-state index in [1.807, 2.05) is 30.3 Å². The first-order chi connectivity index (χ1) is 14.4. The van der Waals surface area contributed by atoms with Gasteiger partial charge in [0, 0.05) is 13.1 Å². The molecule has 1 unspecified atom stereocenters. The molecule has 2 aromatic rings. The summed E-state index contributed by atoms with van der Waals surface area (Å²) in [6.07, 6.45) is -0.179. The number of anilines is 1. The van der Waals surface area contributed by atoms with Crippen LogP contribution in [-0.4, -0.2) is 51.5 Å². The molecule has 0 saturated carbocycles. The Morgan fingerprint density at radius 1 is 1.13 bits per heavy atom. The summed E-state index contributed by atoms with van der Waals surface area (Å²) in [7, 11) is -3.48. The number of carbonyl (C=O) groups excluding carboxylic acids is 2. The fraction of sp³-hybridized carbons (Fsp3) is 0.250. The highest BCUT2D eigenvalue weighted by atomic mass is 32.3. The lowest BCUT2D eigenvalue weighted by Crippen LogP contribution is -2.44. The molecular weight excluding hydrogens is 408 g/mol. The Kier molecular flexibility index (Phi) is 5.62. The van der Waals surface area contributed by atoms with Crippen LogP contribution in [0.25, 0.3) is 0 Å². The summed E-state index contributed by atoms with van der Waals surface area (Å²) >= 11 is 0.